The highest BCUT2D eigenvalue weighted by molar-refractivity contribution is 5.90. The van der Waals surface area contributed by atoms with Crippen molar-refractivity contribution >= 4 is 11.9 Å². The number of anilines is 1. The minimum absolute atomic E-state index is 0.0822. The van der Waals surface area contributed by atoms with Crippen LogP contribution in [0, 0.1) is 11.8 Å². The van der Waals surface area contributed by atoms with Gasteiger partial charge in [-0.25, -0.2) is 0 Å². The number of carbonyl (C=O) groups is 1. The molecule has 4 rings (SSSR count). The third-order valence-electron chi connectivity index (χ3n) is 4.17. The van der Waals surface area contributed by atoms with Crippen molar-refractivity contribution in [2.45, 2.75) is 32.6 Å². The second-order valence-electron chi connectivity index (χ2n) is 5.84. The molecule has 1 N–H and O–H groups in total. The number of amides is 1. The molecule has 1 atom stereocenters. The van der Waals surface area contributed by atoms with Crippen LogP contribution >= 0.6 is 0 Å². The molecule has 1 unspecified atom stereocenters. The summed E-state index contributed by atoms with van der Waals surface area (Å²) in [5.41, 5.74) is 0. The van der Waals surface area contributed by atoms with Gasteiger partial charge in [0.1, 0.15) is 0 Å². The summed E-state index contributed by atoms with van der Waals surface area (Å²) < 4.78 is 5.33. The van der Waals surface area contributed by atoms with E-state index in [1.165, 1.54) is 25.9 Å². The molecule has 0 aliphatic carbocycles. The summed E-state index contributed by atoms with van der Waals surface area (Å²) in [6, 6.07) is 0. The Hall–Kier alpha value is -1.43. The zero-order chi connectivity index (χ0) is 13.4. The maximum Gasteiger partial charge on any atom is 0.270 e. The summed E-state index contributed by atoms with van der Waals surface area (Å²) in [5, 5.41) is 6.54. The highest BCUT2D eigenvalue weighted by atomic mass is 16.5. The quantitative estimate of drug-likeness (QED) is 0.895. The van der Waals surface area contributed by atoms with Crippen LogP contribution in [0.1, 0.15) is 38.5 Å². The molecule has 2 bridgehead atoms. The normalized spacial score (nSPS) is 29.7. The number of nitrogens with zero attached hydrogens (tertiary/aromatic N) is 3. The van der Waals surface area contributed by atoms with Gasteiger partial charge in [-0.05, 0) is 37.0 Å². The molecule has 3 saturated heterocycles. The van der Waals surface area contributed by atoms with E-state index in [-0.39, 0.29) is 11.8 Å². The van der Waals surface area contributed by atoms with Crippen molar-refractivity contribution in [1.82, 2.24) is 15.0 Å². The summed E-state index contributed by atoms with van der Waals surface area (Å²) >= 11 is 0. The van der Waals surface area contributed by atoms with E-state index in [1.54, 1.807) is 0 Å². The van der Waals surface area contributed by atoms with Gasteiger partial charge in [0, 0.05) is 12.5 Å². The first-order valence-corrected chi connectivity index (χ1v) is 7.00. The molecule has 6 nitrogen and oxygen atoms in total. The maximum absolute atomic E-state index is 11.6. The number of hydrogen-bond acceptors (Lipinski definition) is 5. The maximum atomic E-state index is 11.6. The first kappa shape index (κ1) is 12.6. The van der Waals surface area contributed by atoms with Crippen molar-refractivity contribution in [2.75, 3.05) is 25.0 Å². The van der Waals surface area contributed by atoms with Gasteiger partial charge in [-0.3, -0.25) is 10.1 Å². The van der Waals surface area contributed by atoms with Crippen LogP contribution in [0.3, 0.4) is 0 Å². The largest absolute Gasteiger partial charge is 0.337 e. The average molecular weight is 264 g/mol. The average Bonchev–Trinajstić information content (AvgIpc) is 2.88. The Morgan fingerprint density at radius 1 is 1.42 bits per heavy atom. The van der Waals surface area contributed by atoms with Crippen molar-refractivity contribution in [3.05, 3.63) is 5.89 Å². The van der Waals surface area contributed by atoms with Gasteiger partial charge >= 0.3 is 0 Å². The van der Waals surface area contributed by atoms with Gasteiger partial charge in [0.2, 0.25) is 11.8 Å². The van der Waals surface area contributed by atoms with Crippen molar-refractivity contribution in [3.8, 4) is 0 Å². The first-order chi connectivity index (χ1) is 9.13. The van der Waals surface area contributed by atoms with Gasteiger partial charge in [-0.1, -0.05) is 13.8 Å². The minimum Gasteiger partial charge on any atom is -0.337 e. The van der Waals surface area contributed by atoms with E-state index in [2.05, 4.69) is 20.4 Å². The van der Waals surface area contributed by atoms with E-state index in [4.69, 9.17) is 4.52 Å². The number of nitrogens with one attached hydrogen (secondary N) is 1. The summed E-state index contributed by atoms with van der Waals surface area (Å²) in [6.07, 6.45) is 2.42. The third-order valence-corrected chi connectivity index (χ3v) is 4.17. The Morgan fingerprint density at radius 2 is 2.16 bits per heavy atom. The molecule has 0 spiro atoms. The molecule has 3 fully saturated rings. The summed E-state index contributed by atoms with van der Waals surface area (Å²) in [4.78, 5) is 18.4. The molecular formula is C13H20N4O2. The van der Waals surface area contributed by atoms with Crippen LogP contribution in [0.2, 0.25) is 0 Å². The molecule has 1 aromatic rings. The molecule has 3 aliphatic heterocycles. The first-order valence-electron chi connectivity index (χ1n) is 7.00. The topological polar surface area (TPSA) is 71.3 Å². The number of carbonyl (C=O) groups excluding carboxylic acids is 1. The van der Waals surface area contributed by atoms with Crippen molar-refractivity contribution in [3.63, 3.8) is 0 Å². The summed E-state index contributed by atoms with van der Waals surface area (Å²) in [7, 11) is 0. The van der Waals surface area contributed by atoms with E-state index in [9.17, 15) is 4.79 Å². The lowest BCUT2D eigenvalue weighted by Crippen LogP contribution is -2.46. The minimum atomic E-state index is -0.0845. The second kappa shape index (κ2) is 4.92. The highest BCUT2D eigenvalue weighted by Crippen LogP contribution is 2.38. The summed E-state index contributed by atoms with van der Waals surface area (Å²) in [5.74, 6) is 1.79. The van der Waals surface area contributed by atoms with Crippen LogP contribution in [0.5, 0.6) is 0 Å². The zero-order valence-corrected chi connectivity index (χ0v) is 11.4. The van der Waals surface area contributed by atoms with Gasteiger partial charge in [-0.15, -0.1) is 0 Å². The Kier molecular flexibility index (Phi) is 3.26. The number of aromatic nitrogens is 2. The van der Waals surface area contributed by atoms with Crippen LogP contribution in [0.15, 0.2) is 4.52 Å². The zero-order valence-electron chi connectivity index (χ0n) is 11.4. The molecule has 104 valence electrons. The van der Waals surface area contributed by atoms with E-state index in [0.29, 0.717) is 23.7 Å². The van der Waals surface area contributed by atoms with Crippen LogP contribution in [0.25, 0.3) is 0 Å². The highest BCUT2D eigenvalue weighted by Gasteiger charge is 2.38. The van der Waals surface area contributed by atoms with E-state index in [0.717, 1.165) is 6.54 Å². The summed E-state index contributed by atoms with van der Waals surface area (Å²) in [6.45, 7) is 7.05. The van der Waals surface area contributed by atoms with Crippen molar-refractivity contribution in [2.24, 2.45) is 11.8 Å². The molecule has 0 saturated carbocycles. The Morgan fingerprint density at radius 3 is 2.74 bits per heavy atom. The predicted octanol–water partition coefficient (Wildman–Crippen LogP) is 1.47. The molecular weight excluding hydrogens is 244 g/mol. The fourth-order valence-electron chi connectivity index (χ4n) is 2.94. The number of rotatable bonds is 3. The monoisotopic (exact) mass is 264 g/mol. The molecule has 4 heterocycles. The molecule has 0 aromatic carbocycles. The molecule has 6 heteroatoms. The molecule has 0 radical (unpaired) electrons. The lowest BCUT2D eigenvalue weighted by molar-refractivity contribution is -0.118. The van der Waals surface area contributed by atoms with Crippen molar-refractivity contribution < 1.29 is 9.32 Å². The molecule has 1 aromatic heterocycles. The molecule has 19 heavy (non-hydrogen) atoms. The van der Waals surface area contributed by atoms with E-state index >= 15 is 0 Å². The molecule has 3 aliphatic rings. The van der Waals surface area contributed by atoms with Gasteiger partial charge in [0.15, 0.2) is 0 Å². The number of fused-ring (bicyclic) bond motifs is 3. The Balaban J connectivity index is 1.69. The Labute approximate surface area is 112 Å². The van der Waals surface area contributed by atoms with Crippen LogP contribution in [-0.4, -0.2) is 40.6 Å². The van der Waals surface area contributed by atoms with Gasteiger partial charge in [0.25, 0.3) is 5.95 Å². The lowest BCUT2D eigenvalue weighted by atomic mass is 9.79. The fourth-order valence-corrected chi connectivity index (χ4v) is 2.94. The fraction of sp³-hybridized carbons (Fsp3) is 0.769. The number of hydrogen-bond donors (Lipinski definition) is 1. The standard InChI is InChI=1S/C13H20N4O2/c1-8(2)11(18)14-13-15-12(19-16-13)10-7-17-5-3-9(10)4-6-17/h8-10H,3-7H2,1-2H3,(H,14,16,18). The van der Waals surface area contributed by atoms with Gasteiger partial charge in [0.05, 0.1) is 5.92 Å². The Bertz CT molecular complexity index is 463. The second-order valence-corrected chi connectivity index (χ2v) is 5.84. The van der Waals surface area contributed by atoms with E-state index < -0.39 is 0 Å². The molecule has 1 amide bonds. The van der Waals surface area contributed by atoms with E-state index in [1.807, 2.05) is 13.8 Å². The van der Waals surface area contributed by atoms with Crippen LogP contribution in [0.4, 0.5) is 5.95 Å². The predicted molar refractivity (Wildman–Crippen MR) is 69.7 cm³/mol. The van der Waals surface area contributed by atoms with Crippen LogP contribution < -0.4 is 5.32 Å². The van der Waals surface area contributed by atoms with Crippen LogP contribution in [-0.2, 0) is 4.79 Å². The van der Waals surface area contributed by atoms with Gasteiger partial charge < -0.3 is 9.42 Å². The van der Waals surface area contributed by atoms with Crippen molar-refractivity contribution in [1.29, 1.82) is 0 Å². The smallest absolute Gasteiger partial charge is 0.270 e. The van der Waals surface area contributed by atoms with Gasteiger partial charge in [-0.2, -0.15) is 4.98 Å². The SMILES string of the molecule is CC(C)C(=O)Nc1noc(C2CN3CCC2CC3)n1. The number of piperidine rings is 3. The third kappa shape index (κ3) is 2.49. The lowest BCUT2D eigenvalue weighted by Gasteiger charge is -2.43.